The van der Waals surface area contributed by atoms with Gasteiger partial charge in [0, 0.05) is 19.3 Å². The van der Waals surface area contributed by atoms with Crippen LogP contribution in [0.15, 0.2) is 24.3 Å². The molecule has 1 aromatic rings. The highest BCUT2D eigenvalue weighted by Crippen LogP contribution is 2.11. The van der Waals surface area contributed by atoms with Crippen molar-refractivity contribution in [1.29, 1.82) is 5.26 Å². The second-order valence-corrected chi connectivity index (χ2v) is 4.18. The molecule has 5 nitrogen and oxygen atoms in total. The van der Waals surface area contributed by atoms with E-state index in [1.807, 2.05) is 24.3 Å². The number of ether oxygens (including phenoxy) is 1. The van der Waals surface area contributed by atoms with Crippen LogP contribution in [0.4, 0.5) is 5.69 Å². The number of carbonyl (C=O) groups excluding carboxylic acids is 1. The minimum Gasteiger partial charge on any atom is -0.383 e. The SMILES string of the molecule is COCCNC(=O)C(C)Nc1ccc(CC#N)cc1. The summed E-state index contributed by atoms with van der Waals surface area (Å²) in [6, 6.07) is 9.26. The molecule has 0 aliphatic carbocycles. The van der Waals surface area contributed by atoms with Crippen LogP contribution >= 0.6 is 0 Å². The highest BCUT2D eigenvalue weighted by atomic mass is 16.5. The van der Waals surface area contributed by atoms with Gasteiger partial charge in [0.1, 0.15) is 6.04 Å². The van der Waals surface area contributed by atoms with E-state index in [1.54, 1.807) is 14.0 Å². The predicted octanol–water partition coefficient (Wildman–Crippen LogP) is 1.32. The van der Waals surface area contributed by atoms with Crippen LogP contribution in [0.5, 0.6) is 0 Å². The van der Waals surface area contributed by atoms with Crippen molar-refractivity contribution in [3.63, 3.8) is 0 Å². The average molecular weight is 261 g/mol. The van der Waals surface area contributed by atoms with Gasteiger partial charge in [0.25, 0.3) is 0 Å². The van der Waals surface area contributed by atoms with Gasteiger partial charge in [-0.25, -0.2) is 0 Å². The smallest absolute Gasteiger partial charge is 0.242 e. The molecule has 1 aromatic carbocycles. The minimum atomic E-state index is -0.321. The molecule has 0 spiro atoms. The van der Waals surface area contributed by atoms with E-state index in [4.69, 9.17) is 10.00 Å². The van der Waals surface area contributed by atoms with Crippen molar-refractivity contribution in [2.75, 3.05) is 25.6 Å². The number of carbonyl (C=O) groups is 1. The highest BCUT2D eigenvalue weighted by Gasteiger charge is 2.11. The second kappa shape index (κ2) is 8.11. The Hall–Kier alpha value is -2.06. The summed E-state index contributed by atoms with van der Waals surface area (Å²) in [5, 5.41) is 14.4. The quantitative estimate of drug-likeness (QED) is 0.726. The molecule has 1 atom stereocenters. The van der Waals surface area contributed by atoms with E-state index in [1.165, 1.54) is 0 Å². The monoisotopic (exact) mass is 261 g/mol. The van der Waals surface area contributed by atoms with Crippen molar-refractivity contribution in [1.82, 2.24) is 5.32 Å². The van der Waals surface area contributed by atoms with Crippen LogP contribution in [-0.4, -0.2) is 32.2 Å². The molecular formula is C14H19N3O2. The van der Waals surface area contributed by atoms with Gasteiger partial charge in [0.05, 0.1) is 19.1 Å². The molecule has 5 heteroatoms. The van der Waals surface area contributed by atoms with Crippen LogP contribution < -0.4 is 10.6 Å². The van der Waals surface area contributed by atoms with Crippen LogP contribution in [0.25, 0.3) is 0 Å². The van der Waals surface area contributed by atoms with Crippen molar-refractivity contribution in [3.05, 3.63) is 29.8 Å². The van der Waals surface area contributed by atoms with Crippen molar-refractivity contribution in [3.8, 4) is 6.07 Å². The molecule has 0 saturated heterocycles. The molecule has 19 heavy (non-hydrogen) atoms. The Labute approximate surface area is 113 Å². The third-order valence-corrected chi connectivity index (χ3v) is 2.62. The molecule has 0 heterocycles. The van der Waals surface area contributed by atoms with Gasteiger partial charge in [-0.3, -0.25) is 4.79 Å². The Balaban J connectivity index is 2.45. The van der Waals surface area contributed by atoms with Crippen LogP contribution in [0.3, 0.4) is 0 Å². The number of amides is 1. The van der Waals surface area contributed by atoms with Gasteiger partial charge < -0.3 is 15.4 Å². The average Bonchev–Trinajstić information content (AvgIpc) is 2.41. The van der Waals surface area contributed by atoms with E-state index in [-0.39, 0.29) is 11.9 Å². The summed E-state index contributed by atoms with van der Waals surface area (Å²) in [5.74, 6) is -0.0712. The molecular weight excluding hydrogens is 242 g/mol. The number of nitrogens with one attached hydrogen (secondary N) is 2. The predicted molar refractivity (Wildman–Crippen MR) is 73.7 cm³/mol. The van der Waals surface area contributed by atoms with Gasteiger partial charge >= 0.3 is 0 Å². The molecule has 2 N–H and O–H groups in total. The van der Waals surface area contributed by atoms with Crippen LogP contribution in [0.2, 0.25) is 0 Å². The van der Waals surface area contributed by atoms with Crippen LogP contribution in [0, 0.1) is 11.3 Å². The topological polar surface area (TPSA) is 74.2 Å². The molecule has 0 radical (unpaired) electrons. The summed E-state index contributed by atoms with van der Waals surface area (Å²) < 4.78 is 4.86. The molecule has 1 rings (SSSR count). The Morgan fingerprint density at radius 2 is 2.11 bits per heavy atom. The van der Waals surface area contributed by atoms with Crippen molar-refractivity contribution in [2.45, 2.75) is 19.4 Å². The van der Waals surface area contributed by atoms with E-state index >= 15 is 0 Å². The van der Waals surface area contributed by atoms with Gasteiger partial charge in [-0.2, -0.15) is 5.26 Å². The maximum absolute atomic E-state index is 11.7. The summed E-state index contributed by atoms with van der Waals surface area (Å²) in [5.41, 5.74) is 1.82. The normalized spacial score (nSPS) is 11.4. The molecule has 0 aromatic heterocycles. The van der Waals surface area contributed by atoms with Gasteiger partial charge in [-0.1, -0.05) is 12.1 Å². The number of rotatable bonds is 7. The number of benzene rings is 1. The Kier molecular flexibility index (Phi) is 6.41. The molecule has 0 bridgehead atoms. The van der Waals surface area contributed by atoms with Crippen LogP contribution in [-0.2, 0) is 16.0 Å². The fourth-order valence-corrected chi connectivity index (χ4v) is 1.56. The maximum Gasteiger partial charge on any atom is 0.242 e. The lowest BCUT2D eigenvalue weighted by Crippen LogP contribution is -2.39. The lowest BCUT2D eigenvalue weighted by atomic mass is 10.1. The molecule has 0 aliphatic rings. The van der Waals surface area contributed by atoms with Gasteiger partial charge in [0.2, 0.25) is 5.91 Å². The summed E-state index contributed by atoms with van der Waals surface area (Å²) >= 11 is 0. The first kappa shape index (κ1) is 15.0. The second-order valence-electron chi connectivity index (χ2n) is 4.18. The van der Waals surface area contributed by atoms with E-state index in [9.17, 15) is 4.79 Å². The van der Waals surface area contributed by atoms with Crippen molar-refractivity contribution < 1.29 is 9.53 Å². The number of nitrogens with zero attached hydrogens (tertiary/aromatic N) is 1. The zero-order valence-corrected chi connectivity index (χ0v) is 11.3. The van der Waals surface area contributed by atoms with Crippen molar-refractivity contribution in [2.24, 2.45) is 0 Å². The Morgan fingerprint density at radius 1 is 1.42 bits per heavy atom. The summed E-state index contributed by atoms with van der Waals surface area (Å²) in [6.45, 7) is 2.80. The number of anilines is 1. The first-order valence-electron chi connectivity index (χ1n) is 6.16. The number of hydrogen-bond donors (Lipinski definition) is 2. The largest absolute Gasteiger partial charge is 0.383 e. The lowest BCUT2D eigenvalue weighted by molar-refractivity contribution is -0.121. The first-order chi connectivity index (χ1) is 9.17. The van der Waals surface area contributed by atoms with Crippen LogP contribution in [0.1, 0.15) is 12.5 Å². The van der Waals surface area contributed by atoms with Gasteiger partial charge in [0.15, 0.2) is 0 Å². The lowest BCUT2D eigenvalue weighted by Gasteiger charge is -2.15. The summed E-state index contributed by atoms with van der Waals surface area (Å²) in [4.78, 5) is 11.7. The standard InChI is InChI=1S/C14H19N3O2/c1-11(14(18)16-9-10-19-2)17-13-5-3-12(4-6-13)7-8-15/h3-6,11,17H,7,9-10H2,1-2H3,(H,16,18). The molecule has 0 fully saturated rings. The number of methoxy groups -OCH3 is 1. The van der Waals surface area contributed by atoms with E-state index in [0.29, 0.717) is 19.6 Å². The fraction of sp³-hybridized carbons (Fsp3) is 0.429. The molecule has 102 valence electrons. The zero-order valence-electron chi connectivity index (χ0n) is 11.3. The Morgan fingerprint density at radius 3 is 2.68 bits per heavy atom. The Bertz CT molecular complexity index is 437. The number of nitriles is 1. The molecule has 0 saturated carbocycles. The summed E-state index contributed by atoms with van der Waals surface area (Å²) in [7, 11) is 1.59. The first-order valence-corrected chi connectivity index (χ1v) is 6.16. The maximum atomic E-state index is 11.7. The number of hydrogen-bond acceptors (Lipinski definition) is 4. The third kappa shape index (κ3) is 5.40. The summed E-state index contributed by atoms with van der Waals surface area (Å²) in [6.07, 6.45) is 0.396. The molecule has 0 aliphatic heterocycles. The third-order valence-electron chi connectivity index (χ3n) is 2.62. The van der Waals surface area contributed by atoms with E-state index in [2.05, 4.69) is 16.7 Å². The highest BCUT2D eigenvalue weighted by molar-refractivity contribution is 5.84. The van der Waals surface area contributed by atoms with E-state index in [0.717, 1.165) is 11.3 Å². The van der Waals surface area contributed by atoms with Gasteiger partial charge in [-0.15, -0.1) is 0 Å². The van der Waals surface area contributed by atoms with Crippen molar-refractivity contribution >= 4 is 11.6 Å². The molecule has 1 unspecified atom stereocenters. The minimum absolute atomic E-state index is 0.0712. The zero-order chi connectivity index (χ0) is 14.1. The van der Waals surface area contributed by atoms with Gasteiger partial charge in [-0.05, 0) is 24.6 Å². The van der Waals surface area contributed by atoms with E-state index < -0.39 is 0 Å². The fourth-order valence-electron chi connectivity index (χ4n) is 1.56. The molecule has 1 amide bonds.